The van der Waals surface area contributed by atoms with Crippen molar-refractivity contribution >= 4 is 5.78 Å². The van der Waals surface area contributed by atoms with E-state index in [1.807, 2.05) is 6.92 Å². The van der Waals surface area contributed by atoms with Gasteiger partial charge < -0.3 is 4.74 Å². The van der Waals surface area contributed by atoms with Crippen molar-refractivity contribution in [2.24, 2.45) is 0 Å². The lowest BCUT2D eigenvalue weighted by Crippen LogP contribution is -2.47. The summed E-state index contributed by atoms with van der Waals surface area (Å²) >= 11 is 0. The molecule has 86 valence electrons. The number of carbonyl (C=O) groups excluding carboxylic acids is 1. The number of piperidine rings is 1. The van der Waals surface area contributed by atoms with Gasteiger partial charge in [-0.25, -0.2) is 0 Å². The molecule has 2 atom stereocenters. The Labute approximate surface area is 91.8 Å². The molecular formula is C12H21NO2. The zero-order valence-corrected chi connectivity index (χ0v) is 9.58. The topological polar surface area (TPSA) is 29.5 Å². The summed E-state index contributed by atoms with van der Waals surface area (Å²) in [4.78, 5) is 14.0. The zero-order valence-electron chi connectivity index (χ0n) is 9.58. The predicted octanol–water partition coefficient (Wildman–Crippen LogP) is 1.61. The molecule has 1 saturated carbocycles. The van der Waals surface area contributed by atoms with Gasteiger partial charge in [0.1, 0.15) is 5.78 Å². The maximum Gasteiger partial charge on any atom is 0.149 e. The van der Waals surface area contributed by atoms with Gasteiger partial charge >= 0.3 is 0 Å². The number of nitrogens with zero attached hydrogens (tertiary/aromatic N) is 1. The minimum atomic E-state index is 0.216. The summed E-state index contributed by atoms with van der Waals surface area (Å²) in [5.74, 6) is 0.451. The standard InChI is InChI=1S/C12H21NO2/c1-2-15-10-5-4-8-13(9-10)11-6-3-7-12(11)14/h10-11H,2-9H2,1H3. The van der Waals surface area contributed by atoms with Crippen molar-refractivity contribution in [3.8, 4) is 0 Å². The summed E-state index contributed by atoms with van der Waals surface area (Å²) in [6.07, 6.45) is 5.63. The van der Waals surface area contributed by atoms with Gasteiger partial charge in [0, 0.05) is 19.6 Å². The van der Waals surface area contributed by atoms with Crippen molar-refractivity contribution in [1.82, 2.24) is 4.90 Å². The lowest BCUT2D eigenvalue weighted by molar-refractivity contribution is -0.123. The van der Waals surface area contributed by atoms with Crippen LogP contribution in [0.3, 0.4) is 0 Å². The van der Waals surface area contributed by atoms with Crippen LogP contribution >= 0.6 is 0 Å². The maximum atomic E-state index is 11.7. The van der Waals surface area contributed by atoms with Gasteiger partial charge in [0.2, 0.25) is 0 Å². The van der Waals surface area contributed by atoms with Crippen LogP contribution in [-0.4, -0.2) is 42.5 Å². The summed E-state index contributed by atoms with van der Waals surface area (Å²) < 4.78 is 5.65. The molecule has 0 radical (unpaired) electrons. The molecular weight excluding hydrogens is 190 g/mol. The van der Waals surface area contributed by atoms with Crippen LogP contribution in [0, 0.1) is 0 Å². The number of carbonyl (C=O) groups is 1. The third kappa shape index (κ3) is 2.58. The molecule has 2 rings (SSSR count). The molecule has 1 saturated heterocycles. The molecule has 0 bridgehead atoms. The molecule has 0 spiro atoms. The average molecular weight is 211 g/mol. The van der Waals surface area contributed by atoms with Crippen molar-refractivity contribution in [2.45, 2.75) is 51.2 Å². The molecule has 0 aromatic heterocycles. The van der Waals surface area contributed by atoms with Gasteiger partial charge in [0.05, 0.1) is 12.1 Å². The molecule has 1 aliphatic heterocycles. The third-order valence-corrected chi connectivity index (χ3v) is 3.53. The van der Waals surface area contributed by atoms with Gasteiger partial charge in [-0.15, -0.1) is 0 Å². The van der Waals surface area contributed by atoms with Crippen LogP contribution in [0.1, 0.15) is 39.0 Å². The normalized spacial score (nSPS) is 33.5. The Kier molecular flexibility index (Phi) is 3.76. The first-order valence-corrected chi connectivity index (χ1v) is 6.19. The van der Waals surface area contributed by atoms with E-state index in [1.165, 1.54) is 6.42 Å². The Hall–Kier alpha value is -0.410. The summed E-state index contributed by atoms with van der Waals surface area (Å²) in [5, 5.41) is 0. The maximum absolute atomic E-state index is 11.7. The summed E-state index contributed by atoms with van der Waals surface area (Å²) in [6, 6.07) is 0.216. The Morgan fingerprint density at radius 2 is 2.27 bits per heavy atom. The van der Waals surface area contributed by atoms with Gasteiger partial charge in [0.25, 0.3) is 0 Å². The molecule has 3 heteroatoms. The van der Waals surface area contributed by atoms with E-state index in [4.69, 9.17) is 4.74 Å². The van der Waals surface area contributed by atoms with Crippen LogP contribution < -0.4 is 0 Å². The fourth-order valence-corrected chi connectivity index (χ4v) is 2.80. The monoisotopic (exact) mass is 211 g/mol. The van der Waals surface area contributed by atoms with E-state index >= 15 is 0 Å². The lowest BCUT2D eigenvalue weighted by atomic mass is 10.0. The van der Waals surface area contributed by atoms with E-state index in [-0.39, 0.29) is 6.04 Å². The number of ketones is 1. The smallest absolute Gasteiger partial charge is 0.149 e. The molecule has 0 aromatic rings. The van der Waals surface area contributed by atoms with Crippen molar-refractivity contribution in [3.05, 3.63) is 0 Å². The number of hydrogen-bond donors (Lipinski definition) is 0. The first kappa shape index (κ1) is 11.1. The molecule has 15 heavy (non-hydrogen) atoms. The van der Waals surface area contributed by atoms with Crippen LogP contribution in [0.15, 0.2) is 0 Å². The van der Waals surface area contributed by atoms with Gasteiger partial charge in [-0.05, 0) is 39.2 Å². The molecule has 0 aromatic carbocycles. The van der Waals surface area contributed by atoms with Crippen molar-refractivity contribution in [3.63, 3.8) is 0 Å². The highest BCUT2D eigenvalue weighted by atomic mass is 16.5. The largest absolute Gasteiger partial charge is 0.377 e. The summed E-state index contributed by atoms with van der Waals surface area (Å²) in [5.41, 5.74) is 0. The number of hydrogen-bond acceptors (Lipinski definition) is 3. The minimum absolute atomic E-state index is 0.216. The number of rotatable bonds is 3. The molecule has 0 N–H and O–H groups in total. The van der Waals surface area contributed by atoms with E-state index in [0.29, 0.717) is 11.9 Å². The van der Waals surface area contributed by atoms with E-state index in [9.17, 15) is 4.79 Å². The molecule has 2 aliphatic rings. The van der Waals surface area contributed by atoms with Crippen molar-refractivity contribution in [2.75, 3.05) is 19.7 Å². The highest BCUT2D eigenvalue weighted by Crippen LogP contribution is 2.24. The number of ether oxygens (including phenoxy) is 1. The van der Waals surface area contributed by atoms with Crippen LogP contribution in [0.25, 0.3) is 0 Å². The zero-order chi connectivity index (χ0) is 10.7. The van der Waals surface area contributed by atoms with Gasteiger partial charge in [0.15, 0.2) is 0 Å². The Morgan fingerprint density at radius 1 is 1.40 bits per heavy atom. The van der Waals surface area contributed by atoms with Crippen LogP contribution in [0.5, 0.6) is 0 Å². The van der Waals surface area contributed by atoms with Crippen molar-refractivity contribution < 1.29 is 9.53 Å². The van der Waals surface area contributed by atoms with Crippen LogP contribution in [0.2, 0.25) is 0 Å². The molecule has 0 amide bonds. The van der Waals surface area contributed by atoms with Gasteiger partial charge in [-0.3, -0.25) is 9.69 Å². The number of Topliss-reactive ketones (excluding diaryl/α,β-unsaturated/α-hetero) is 1. The van der Waals surface area contributed by atoms with Gasteiger partial charge in [-0.2, -0.15) is 0 Å². The predicted molar refractivity (Wildman–Crippen MR) is 58.9 cm³/mol. The minimum Gasteiger partial charge on any atom is -0.377 e. The van der Waals surface area contributed by atoms with E-state index in [1.54, 1.807) is 0 Å². The fourth-order valence-electron chi connectivity index (χ4n) is 2.80. The molecule has 2 fully saturated rings. The number of likely N-dealkylation sites (tertiary alicyclic amines) is 1. The first-order chi connectivity index (χ1) is 7.31. The van der Waals surface area contributed by atoms with E-state index in [0.717, 1.165) is 45.4 Å². The highest BCUT2D eigenvalue weighted by Gasteiger charge is 2.33. The third-order valence-electron chi connectivity index (χ3n) is 3.53. The molecule has 1 aliphatic carbocycles. The SMILES string of the molecule is CCOC1CCCN(C2CCCC2=O)C1. The summed E-state index contributed by atoms with van der Waals surface area (Å²) in [6.45, 7) is 4.88. The second kappa shape index (κ2) is 5.08. The molecule has 1 heterocycles. The van der Waals surface area contributed by atoms with Crippen LogP contribution in [0.4, 0.5) is 0 Å². The van der Waals surface area contributed by atoms with Crippen LogP contribution in [-0.2, 0) is 9.53 Å². The van der Waals surface area contributed by atoms with E-state index < -0.39 is 0 Å². The second-order valence-electron chi connectivity index (χ2n) is 4.59. The average Bonchev–Trinajstić information content (AvgIpc) is 2.65. The van der Waals surface area contributed by atoms with Crippen molar-refractivity contribution in [1.29, 1.82) is 0 Å². The first-order valence-electron chi connectivity index (χ1n) is 6.19. The highest BCUT2D eigenvalue weighted by molar-refractivity contribution is 5.85. The quantitative estimate of drug-likeness (QED) is 0.710. The van der Waals surface area contributed by atoms with E-state index in [2.05, 4.69) is 4.90 Å². The fraction of sp³-hybridized carbons (Fsp3) is 0.917. The van der Waals surface area contributed by atoms with Gasteiger partial charge in [-0.1, -0.05) is 0 Å². The summed E-state index contributed by atoms with van der Waals surface area (Å²) in [7, 11) is 0. The second-order valence-corrected chi connectivity index (χ2v) is 4.59. The Morgan fingerprint density at radius 3 is 2.93 bits per heavy atom. The molecule has 2 unspecified atom stereocenters. The Balaban J connectivity index is 1.89. The molecule has 3 nitrogen and oxygen atoms in total. The lowest BCUT2D eigenvalue weighted by Gasteiger charge is -2.35. The Bertz CT molecular complexity index is 228.